The third-order valence-electron chi connectivity index (χ3n) is 3.13. The van der Waals surface area contributed by atoms with Crippen molar-refractivity contribution < 1.29 is 9.59 Å². The zero-order valence-electron chi connectivity index (χ0n) is 12.8. The Morgan fingerprint density at radius 2 is 1.80 bits per heavy atom. The summed E-state index contributed by atoms with van der Waals surface area (Å²) in [5, 5.41) is 2.82. The molecular formula is C16H24N2O2. The number of benzene rings is 1. The molecule has 0 atom stereocenters. The molecule has 4 nitrogen and oxygen atoms in total. The van der Waals surface area contributed by atoms with Gasteiger partial charge in [0.15, 0.2) is 0 Å². The molecule has 2 amide bonds. The molecule has 0 aromatic heterocycles. The van der Waals surface area contributed by atoms with E-state index >= 15 is 0 Å². The Bertz CT molecular complexity index is 452. The average molecular weight is 276 g/mol. The molecule has 1 aromatic rings. The third-order valence-corrected chi connectivity index (χ3v) is 3.13. The quantitative estimate of drug-likeness (QED) is 0.868. The zero-order chi connectivity index (χ0) is 15.1. The summed E-state index contributed by atoms with van der Waals surface area (Å²) in [6.07, 6.45) is 0.843. The first kappa shape index (κ1) is 16.2. The van der Waals surface area contributed by atoms with Gasteiger partial charge in [0.2, 0.25) is 11.8 Å². The van der Waals surface area contributed by atoms with Gasteiger partial charge >= 0.3 is 0 Å². The summed E-state index contributed by atoms with van der Waals surface area (Å²) in [4.78, 5) is 24.9. The fourth-order valence-electron chi connectivity index (χ4n) is 1.94. The third kappa shape index (κ3) is 5.03. The topological polar surface area (TPSA) is 49.4 Å². The van der Waals surface area contributed by atoms with E-state index in [9.17, 15) is 9.59 Å². The van der Waals surface area contributed by atoms with Crippen LogP contribution < -0.4 is 5.32 Å². The highest BCUT2D eigenvalue weighted by Crippen LogP contribution is 2.17. The molecule has 110 valence electrons. The summed E-state index contributed by atoms with van der Waals surface area (Å²) in [5.74, 6) is 0.237. The number of nitrogens with one attached hydrogen (secondary N) is 1. The van der Waals surface area contributed by atoms with E-state index in [1.54, 1.807) is 4.90 Å². The molecule has 0 radical (unpaired) electrons. The standard InChI is InChI=1S/C16H24N2O2/c1-5-10-18(13(4)19)11-16(20)17-15-8-6-14(7-9-15)12(2)3/h6-9,12H,5,10-11H2,1-4H3,(H,17,20). The number of hydrogen-bond acceptors (Lipinski definition) is 2. The van der Waals surface area contributed by atoms with Crippen molar-refractivity contribution in [3.05, 3.63) is 29.8 Å². The molecule has 1 rings (SSSR count). The Morgan fingerprint density at radius 3 is 2.25 bits per heavy atom. The second-order valence-electron chi connectivity index (χ2n) is 5.27. The lowest BCUT2D eigenvalue weighted by Crippen LogP contribution is -2.37. The largest absolute Gasteiger partial charge is 0.334 e. The van der Waals surface area contributed by atoms with Crippen LogP contribution in [0.4, 0.5) is 5.69 Å². The monoisotopic (exact) mass is 276 g/mol. The molecule has 0 spiro atoms. The van der Waals surface area contributed by atoms with E-state index in [0.717, 1.165) is 12.1 Å². The van der Waals surface area contributed by atoms with Crippen LogP contribution in [0, 0.1) is 0 Å². The van der Waals surface area contributed by atoms with E-state index in [0.29, 0.717) is 12.5 Å². The average Bonchev–Trinajstić information content (AvgIpc) is 2.38. The number of hydrogen-bond donors (Lipinski definition) is 1. The van der Waals surface area contributed by atoms with Gasteiger partial charge in [-0.2, -0.15) is 0 Å². The molecule has 1 N–H and O–H groups in total. The molecule has 0 heterocycles. The van der Waals surface area contributed by atoms with Gasteiger partial charge < -0.3 is 10.2 Å². The van der Waals surface area contributed by atoms with E-state index in [1.807, 2.05) is 31.2 Å². The van der Waals surface area contributed by atoms with Crippen molar-refractivity contribution >= 4 is 17.5 Å². The Morgan fingerprint density at radius 1 is 1.20 bits per heavy atom. The van der Waals surface area contributed by atoms with Crippen LogP contribution in [0.1, 0.15) is 45.6 Å². The van der Waals surface area contributed by atoms with Gasteiger partial charge in [0, 0.05) is 19.2 Å². The highest BCUT2D eigenvalue weighted by Gasteiger charge is 2.12. The normalized spacial score (nSPS) is 10.4. The molecule has 0 saturated carbocycles. The lowest BCUT2D eigenvalue weighted by Gasteiger charge is -2.19. The van der Waals surface area contributed by atoms with Gasteiger partial charge in [-0.05, 0) is 30.0 Å². The van der Waals surface area contributed by atoms with Gasteiger partial charge in [0.1, 0.15) is 0 Å². The lowest BCUT2D eigenvalue weighted by atomic mass is 10.0. The van der Waals surface area contributed by atoms with Crippen molar-refractivity contribution in [1.29, 1.82) is 0 Å². The van der Waals surface area contributed by atoms with Crippen molar-refractivity contribution in [2.45, 2.75) is 40.0 Å². The second-order valence-corrected chi connectivity index (χ2v) is 5.27. The van der Waals surface area contributed by atoms with E-state index in [-0.39, 0.29) is 18.4 Å². The van der Waals surface area contributed by atoms with E-state index < -0.39 is 0 Å². The maximum atomic E-state index is 11.9. The number of anilines is 1. The van der Waals surface area contributed by atoms with Gasteiger partial charge in [-0.15, -0.1) is 0 Å². The van der Waals surface area contributed by atoms with Gasteiger partial charge in [-0.25, -0.2) is 0 Å². The first-order valence-electron chi connectivity index (χ1n) is 7.09. The minimum atomic E-state index is -0.161. The van der Waals surface area contributed by atoms with Crippen LogP contribution in [0.15, 0.2) is 24.3 Å². The first-order valence-corrected chi connectivity index (χ1v) is 7.09. The van der Waals surface area contributed by atoms with Crippen LogP contribution in [0.2, 0.25) is 0 Å². The summed E-state index contributed by atoms with van der Waals surface area (Å²) < 4.78 is 0. The molecule has 0 aliphatic carbocycles. The minimum absolute atomic E-state index is 0.0721. The molecule has 1 aromatic carbocycles. The van der Waals surface area contributed by atoms with Crippen molar-refractivity contribution in [2.75, 3.05) is 18.4 Å². The Kier molecular flexibility index (Phi) is 6.22. The zero-order valence-corrected chi connectivity index (χ0v) is 12.8. The summed E-state index contributed by atoms with van der Waals surface area (Å²) >= 11 is 0. The summed E-state index contributed by atoms with van der Waals surface area (Å²) in [5.41, 5.74) is 2.00. The number of carbonyl (C=O) groups is 2. The first-order chi connectivity index (χ1) is 9.43. The SMILES string of the molecule is CCCN(CC(=O)Nc1ccc(C(C)C)cc1)C(C)=O. The minimum Gasteiger partial charge on any atom is -0.334 e. The van der Waals surface area contributed by atoms with Crippen LogP contribution in [-0.4, -0.2) is 29.8 Å². The molecule has 0 unspecified atom stereocenters. The van der Waals surface area contributed by atoms with Crippen LogP contribution in [0.5, 0.6) is 0 Å². The molecular weight excluding hydrogens is 252 g/mol. The molecule has 0 aliphatic rings. The van der Waals surface area contributed by atoms with Crippen LogP contribution in [0.3, 0.4) is 0 Å². The smallest absolute Gasteiger partial charge is 0.243 e. The van der Waals surface area contributed by atoms with Crippen LogP contribution in [0.25, 0.3) is 0 Å². The number of carbonyl (C=O) groups excluding carboxylic acids is 2. The molecule has 0 bridgehead atoms. The highest BCUT2D eigenvalue weighted by molar-refractivity contribution is 5.94. The molecule has 0 aliphatic heterocycles. The molecule has 0 saturated heterocycles. The lowest BCUT2D eigenvalue weighted by molar-refractivity contribution is -0.132. The van der Waals surface area contributed by atoms with E-state index in [2.05, 4.69) is 19.2 Å². The predicted octanol–water partition coefficient (Wildman–Crippen LogP) is 3.01. The Balaban J connectivity index is 2.59. The maximum absolute atomic E-state index is 11.9. The molecule has 0 fully saturated rings. The molecule has 20 heavy (non-hydrogen) atoms. The van der Waals surface area contributed by atoms with Gasteiger partial charge in [0.05, 0.1) is 6.54 Å². The Labute approximate surface area is 121 Å². The van der Waals surface area contributed by atoms with E-state index in [4.69, 9.17) is 0 Å². The van der Waals surface area contributed by atoms with Gasteiger partial charge in [-0.1, -0.05) is 32.9 Å². The van der Waals surface area contributed by atoms with Crippen molar-refractivity contribution in [1.82, 2.24) is 4.90 Å². The van der Waals surface area contributed by atoms with Gasteiger partial charge in [0.25, 0.3) is 0 Å². The number of nitrogens with zero attached hydrogens (tertiary/aromatic N) is 1. The van der Waals surface area contributed by atoms with Crippen molar-refractivity contribution in [2.24, 2.45) is 0 Å². The fraction of sp³-hybridized carbons (Fsp3) is 0.500. The summed E-state index contributed by atoms with van der Waals surface area (Å²) in [7, 11) is 0. The highest BCUT2D eigenvalue weighted by atomic mass is 16.2. The summed E-state index contributed by atoms with van der Waals surface area (Å²) in [6, 6.07) is 7.81. The maximum Gasteiger partial charge on any atom is 0.243 e. The predicted molar refractivity (Wildman–Crippen MR) is 81.7 cm³/mol. The second kappa shape index (κ2) is 7.68. The fourth-order valence-corrected chi connectivity index (χ4v) is 1.94. The van der Waals surface area contributed by atoms with Crippen molar-refractivity contribution in [3.63, 3.8) is 0 Å². The van der Waals surface area contributed by atoms with Crippen LogP contribution in [-0.2, 0) is 9.59 Å². The number of rotatable bonds is 6. The Hall–Kier alpha value is -1.84. The van der Waals surface area contributed by atoms with Gasteiger partial charge in [-0.3, -0.25) is 9.59 Å². The number of amides is 2. The summed E-state index contributed by atoms with van der Waals surface area (Å²) in [6.45, 7) is 8.44. The van der Waals surface area contributed by atoms with E-state index in [1.165, 1.54) is 12.5 Å². The van der Waals surface area contributed by atoms with Crippen molar-refractivity contribution in [3.8, 4) is 0 Å². The van der Waals surface area contributed by atoms with Crippen LogP contribution >= 0.6 is 0 Å². The molecule has 4 heteroatoms.